The molecule has 1 aliphatic rings. The SMILES string of the molecule is CCN1CCN(CCNC(=O)c2cn(-c3ccccc3)nc2-c2ccc(Cl)cc2)CC1.O=C(O)C(F)(F)F. The number of carbonyl (C=O) groups excluding carboxylic acids is 1. The summed E-state index contributed by atoms with van der Waals surface area (Å²) in [5, 5.41) is 15.6. The van der Waals surface area contributed by atoms with E-state index >= 15 is 0 Å². The quantitative estimate of drug-likeness (QED) is 0.457. The van der Waals surface area contributed by atoms with Gasteiger partial charge in [0.25, 0.3) is 5.91 Å². The van der Waals surface area contributed by atoms with Crippen LogP contribution in [0.5, 0.6) is 0 Å². The number of hydrogen-bond donors (Lipinski definition) is 2. The molecule has 0 aliphatic carbocycles. The van der Waals surface area contributed by atoms with Crippen LogP contribution in [0.3, 0.4) is 0 Å². The number of piperazine rings is 1. The van der Waals surface area contributed by atoms with Gasteiger partial charge >= 0.3 is 12.1 Å². The molecule has 4 rings (SSSR count). The molecular weight excluding hydrogens is 523 g/mol. The van der Waals surface area contributed by atoms with E-state index in [-0.39, 0.29) is 5.91 Å². The van der Waals surface area contributed by atoms with Gasteiger partial charge in [-0.25, -0.2) is 9.48 Å². The van der Waals surface area contributed by atoms with E-state index in [2.05, 4.69) is 22.0 Å². The van der Waals surface area contributed by atoms with E-state index in [9.17, 15) is 18.0 Å². The first-order valence-electron chi connectivity index (χ1n) is 12.0. The number of para-hydroxylation sites is 1. The predicted molar refractivity (Wildman–Crippen MR) is 139 cm³/mol. The van der Waals surface area contributed by atoms with Gasteiger partial charge in [0, 0.05) is 56.1 Å². The number of aliphatic carboxylic acids is 1. The number of amides is 1. The van der Waals surface area contributed by atoms with Crippen molar-refractivity contribution < 1.29 is 27.9 Å². The van der Waals surface area contributed by atoms with Crippen molar-refractivity contribution in [3.63, 3.8) is 0 Å². The fraction of sp³-hybridized carbons (Fsp3) is 0.346. The number of nitrogens with one attached hydrogen (secondary N) is 1. The second-order valence-electron chi connectivity index (χ2n) is 8.51. The molecule has 0 saturated carbocycles. The molecule has 204 valence electrons. The van der Waals surface area contributed by atoms with Crippen molar-refractivity contribution in [2.45, 2.75) is 13.1 Å². The number of aromatic nitrogens is 2. The summed E-state index contributed by atoms with van der Waals surface area (Å²) in [7, 11) is 0. The standard InChI is InChI=1S/C24H28ClN5O.C2HF3O2/c1-2-28-14-16-29(17-15-28)13-12-26-24(31)22-18-30(21-6-4-3-5-7-21)27-23(22)19-8-10-20(25)11-9-19;3-2(4,5)1(6)7/h3-11,18H,2,12-17H2,1H3,(H,26,31);(H,6,7). The van der Waals surface area contributed by atoms with Crippen molar-refractivity contribution in [2.75, 3.05) is 45.8 Å². The van der Waals surface area contributed by atoms with Gasteiger partial charge < -0.3 is 15.3 Å². The summed E-state index contributed by atoms with van der Waals surface area (Å²) >= 11 is 6.05. The number of benzene rings is 2. The molecule has 3 aromatic rings. The van der Waals surface area contributed by atoms with E-state index < -0.39 is 12.1 Å². The van der Waals surface area contributed by atoms with Crippen LogP contribution in [0.25, 0.3) is 16.9 Å². The lowest BCUT2D eigenvalue weighted by Gasteiger charge is -2.33. The Morgan fingerprint density at radius 1 is 1.00 bits per heavy atom. The molecule has 2 N–H and O–H groups in total. The second kappa shape index (κ2) is 13.4. The van der Waals surface area contributed by atoms with Crippen LogP contribution in [-0.2, 0) is 4.79 Å². The minimum atomic E-state index is -5.08. The van der Waals surface area contributed by atoms with E-state index in [0.717, 1.165) is 50.5 Å². The Kier molecular flexibility index (Phi) is 10.3. The molecule has 1 saturated heterocycles. The van der Waals surface area contributed by atoms with Crippen LogP contribution in [0.4, 0.5) is 13.2 Å². The first kappa shape index (κ1) is 29.2. The van der Waals surface area contributed by atoms with Crippen LogP contribution in [0.2, 0.25) is 5.02 Å². The number of nitrogens with zero attached hydrogens (tertiary/aromatic N) is 4. The second-order valence-corrected chi connectivity index (χ2v) is 8.95. The zero-order valence-electron chi connectivity index (χ0n) is 20.8. The minimum Gasteiger partial charge on any atom is -0.475 e. The molecule has 1 fully saturated rings. The molecule has 38 heavy (non-hydrogen) atoms. The summed E-state index contributed by atoms with van der Waals surface area (Å²) < 4.78 is 33.5. The summed E-state index contributed by atoms with van der Waals surface area (Å²) in [6, 6.07) is 17.2. The number of rotatable bonds is 7. The fourth-order valence-electron chi connectivity index (χ4n) is 3.83. The van der Waals surface area contributed by atoms with Gasteiger partial charge in [0.1, 0.15) is 5.69 Å². The number of halogens is 4. The van der Waals surface area contributed by atoms with Gasteiger partial charge in [-0.2, -0.15) is 18.3 Å². The predicted octanol–water partition coefficient (Wildman–Crippen LogP) is 4.19. The highest BCUT2D eigenvalue weighted by molar-refractivity contribution is 6.30. The van der Waals surface area contributed by atoms with Crippen molar-refractivity contribution >= 4 is 23.5 Å². The van der Waals surface area contributed by atoms with Gasteiger partial charge in [-0.15, -0.1) is 0 Å². The number of carboxylic acids is 1. The third-order valence-corrected chi connectivity index (χ3v) is 6.22. The van der Waals surface area contributed by atoms with Crippen LogP contribution in [0, 0.1) is 0 Å². The summed E-state index contributed by atoms with van der Waals surface area (Å²) in [6.07, 6.45) is -3.28. The maximum atomic E-state index is 13.1. The Bertz CT molecular complexity index is 1200. The van der Waals surface area contributed by atoms with Crippen LogP contribution in [-0.4, -0.2) is 88.6 Å². The molecule has 8 nitrogen and oxygen atoms in total. The lowest BCUT2D eigenvalue weighted by atomic mass is 10.1. The largest absolute Gasteiger partial charge is 0.490 e. The Balaban J connectivity index is 0.000000505. The van der Waals surface area contributed by atoms with Crippen molar-refractivity contribution in [3.05, 3.63) is 71.4 Å². The van der Waals surface area contributed by atoms with Gasteiger partial charge in [0.05, 0.1) is 11.3 Å². The molecule has 1 amide bonds. The number of carboxylic acid groups (broad SMARTS) is 1. The molecule has 2 aromatic carbocycles. The number of carbonyl (C=O) groups is 2. The number of likely N-dealkylation sites (N-methyl/N-ethyl adjacent to an activating group) is 1. The topological polar surface area (TPSA) is 90.7 Å². The Morgan fingerprint density at radius 2 is 1.58 bits per heavy atom. The lowest BCUT2D eigenvalue weighted by molar-refractivity contribution is -0.192. The summed E-state index contributed by atoms with van der Waals surface area (Å²) in [4.78, 5) is 26.8. The molecule has 1 aromatic heterocycles. The van der Waals surface area contributed by atoms with Gasteiger partial charge in [-0.05, 0) is 30.8 Å². The van der Waals surface area contributed by atoms with Crippen molar-refractivity contribution in [2.24, 2.45) is 0 Å². The highest BCUT2D eigenvalue weighted by Gasteiger charge is 2.38. The molecule has 1 aliphatic heterocycles. The van der Waals surface area contributed by atoms with E-state index in [0.29, 0.717) is 22.8 Å². The summed E-state index contributed by atoms with van der Waals surface area (Å²) in [5.74, 6) is -2.87. The molecular formula is C26H29ClF3N5O3. The first-order valence-corrected chi connectivity index (χ1v) is 12.4. The Morgan fingerprint density at radius 3 is 2.13 bits per heavy atom. The lowest BCUT2D eigenvalue weighted by Crippen LogP contribution is -2.48. The first-order chi connectivity index (χ1) is 18.1. The number of hydrogen-bond acceptors (Lipinski definition) is 5. The Labute approximate surface area is 223 Å². The van der Waals surface area contributed by atoms with E-state index in [4.69, 9.17) is 26.6 Å². The van der Waals surface area contributed by atoms with Gasteiger partial charge in [0.15, 0.2) is 0 Å². The van der Waals surface area contributed by atoms with Crippen LogP contribution in [0.15, 0.2) is 60.8 Å². The van der Waals surface area contributed by atoms with Crippen LogP contribution >= 0.6 is 11.6 Å². The molecule has 2 heterocycles. The van der Waals surface area contributed by atoms with Gasteiger partial charge in [-0.3, -0.25) is 9.69 Å². The van der Waals surface area contributed by atoms with Gasteiger partial charge in [0.2, 0.25) is 0 Å². The van der Waals surface area contributed by atoms with E-state index in [1.807, 2.05) is 54.6 Å². The zero-order chi connectivity index (χ0) is 27.7. The normalized spacial score (nSPS) is 14.4. The maximum Gasteiger partial charge on any atom is 0.490 e. The zero-order valence-corrected chi connectivity index (χ0v) is 21.5. The smallest absolute Gasteiger partial charge is 0.475 e. The third-order valence-electron chi connectivity index (χ3n) is 5.97. The average molecular weight is 552 g/mol. The average Bonchev–Trinajstić information content (AvgIpc) is 3.35. The maximum absolute atomic E-state index is 13.1. The van der Waals surface area contributed by atoms with Crippen LogP contribution in [0.1, 0.15) is 17.3 Å². The minimum absolute atomic E-state index is 0.112. The molecule has 0 bridgehead atoms. The Hall–Kier alpha value is -3.41. The highest BCUT2D eigenvalue weighted by atomic mass is 35.5. The molecule has 0 unspecified atom stereocenters. The molecule has 0 atom stereocenters. The van der Waals surface area contributed by atoms with E-state index in [1.54, 1.807) is 10.9 Å². The highest BCUT2D eigenvalue weighted by Crippen LogP contribution is 2.25. The summed E-state index contributed by atoms with van der Waals surface area (Å²) in [5.41, 5.74) is 2.97. The fourth-order valence-corrected chi connectivity index (χ4v) is 3.95. The molecule has 0 spiro atoms. The summed E-state index contributed by atoms with van der Waals surface area (Å²) in [6.45, 7) is 9.04. The van der Waals surface area contributed by atoms with Crippen LogP contribution < -0.4 is 5.32 Å². The molecule has 0 radical (unpaired) electrons. The number of alkyl halides is 3. The third kappa shape index (κ3) is 8.30. The van der Waals surface area contributed by atoms with Crippen molar-refractivity contribution in [1.29, 1.82) is 0 Å². The van der Waals surface area contributed by atoms with Crippen molar-refractivity contribution in [3.8, 4) is 16.9 Å². The van der Waals surface area contributed by atoms with E-state index in [1.165, 1.54) is 0 Å². The monoisotopic (exact) mass is 551 g/mol. The molecule has 12 heteroatoms. The van der Waals surface area contributed by atoms with Crippen molar-refractivity contribution in [1.82, 2.24) is 24.9 Å². The van der Waals surface area contributed by atoms with Gasteiger partial charge in [-0.1, -0.05) is 48.9 Å².